The molecule has 3 unspecified atom stereocenters. The van der Waals surface area contributed by atoms with E-state index in [9.17, 15) is 14.7 Å². The first kappa shape index (κ1) is 17.3. The van der Waals surface area contributed by atoms with Gasteiger partial charge >= 0.3 is 0 Å². The molecular weight excluding hydrogens is 351 g/mol. The summed E-state index contributed by atoms with van der Waals surface area (Å²) in [6.07, 6.45) is 4.03. The highest BCUT2D eigenvalue weighted by atomic mass is 35.5. The lowest BCUT2D eigenvalue weighted by atomic mass is 9.69. The Balaban J connectivity index is 2.02. The van der Waals surface area contributed by atoms with Crippen LogP contribution in [0.4, 0.5) is 0 Å². The predicted molar refractivity (Wildman–Crippen MR) is 90.3 cm³/mol. The van der Waals surface area contributed by atoms with Gasteiger partial charge in [0.2, 0.25) is 0 Å². The Morgan fingerprint density at radius 3 is 2.83 bits per heavy atom. The first-order chi connectivity index (χ1) is 11.4. The molecule has 0 heterocycles. The van der Waals surface area contributed by atoms with E-state index in [0.29, 0.717) is 12.2 Å². The molecular formula is C18H17Cl2O4-. The molecule has 24 heavy (non-hydrogen) atoms. The van der Waals surface area contributed by atoms with Crippen LogP contribution in [-0.2, 0) is 16.0 Å². The molecule has 1 aromatic carbocycles. The van der Waals surface area contributed by atoms with Crippen LogP contribution in [0.2, 0.25) is 0 Å². The van der Waals surface area contributed by atoms with Crippen LogP contribution in [0.25, 0.3) is 5.57 Å². The molecule has 2 aliphatic carbocycles. The third kappa shape index (κ3) is 2.72. The number of hydrogen-bond acceptors (Lipinski definition) is 4. The van der Waals surface area contributed by atoms with Gasteiger partial charge in [0.05, 0.1) is 11.3 Å². The average molecular weight is 368 g/mol. The van der Waals surface area contributed by atoms with Crippen LogP contribution < -0.4 is 9.84 Å². The molecule has 2 aliphatic rings. The Kier molecular flexibility index (Phi) is 4.63. The summed E-state index contributed by atoms with van der Waals surface area (Å²) in [6.45, 7) is 1.58. The van der Waals surface area contributed by atoms with Crippen LogP contribution in [0.5, 0.6) is 5.75 Å². The van der Waals surface area contributed by atoms with Crippen molar-refractivity contribution < 1.29 is 19.4 Å². The third-order valence-electron chi connectivity index (χ3n) is 4.81. The first-order valence-electron chi connectivity index (χ1n) is 7.89. The fourth-order valence-electron chi connectivity index (χ4n) is 3.84. The van der Waals surface area contributed by atoms with Crippen molar-refractivity contribution in [3.63, 3.8) is 0 Å². The number of ketones is 1. The van der Waals surface area contributed by atoms with Crippen molar-refractivity contribution in [1.82, 2.24) is 0 Å². The van der Waals surface area contributed by atoms with Crippen molar-refractivity contribution in [3.05, 3.63) is 35.4 Å². The van der Waals surface area contributed by atoms with Gasteiger partial charge in [-0.25, -0.2) is 0 Å². The van der Waals surface area contributed by atoms with Crippen molar-refractivity contribution in [2.45, 2.75) is 36.9 Å². The topological polar surface area (TPSA) is 66.4 Å². The van der Waals surface area contributed by atoms with E-state index in [0.717, 1.165) is 29.5 Å². The lowest BCUT2D eigenvalue weighted by Gasteiger charge is -2.40. The number of carboxylic acids is 1. The molecule has 0 bridgehead atoms. The van der Waals surface area contributed by atoms with Crippen LogP contribution in [0.3, 0.4) is 0 Å². The summed E-state index contributed by atoms with van der Waals surface area (Å²) >= 11 is 12.9. The van der Waals surface area contributed by atoms with Gasteiger partial charge in [0.25, 0.3) is 0 Å². The van der Waals surface area contributed by atoms with Gasteiger partial charge in [-0.2, -0.15) is 0 Å². The Labute approximate surface area is 150 Å². The predicted octanol–water partition coefficient (Wildman–Crippen LogP) is 2.34. The summed E-state index contributed by atoms with van der Waals surface area (Å²) in [5, 5.41) is 9.34. The fraction of sp³-hybridized carbons (Fsp3) is 0.444. The molecule has 1 aromatic rings. The van der Waals surface area contributed by atoms with Crippen molar-refractivity contribution >= 4 is 40.5 Å². The minimum atomic E-state index is -1.27. The maximum Gasteiger partial charge on any atom is 0.175 e. The van der Waals surface area contributed by atoms with Crippen molar-refractivity contribution in [2.75, 3.05) is 6.61 Å². The van der Waals surface area contributed by atoms with Crippen LogP contribution >= 0.6 is 23.2 Å². The Morgan fingerprint density at radius 1 is 1.42 bits per heavy atom. The summed E-state index contributed by atoms with van der Waals surface area (Å²) in [6, 6.07) is 5.37. The Bertz CT molecular complexity index is 728. The quantitative estimate of drug-likeness (QED) is 0.749. The van der Waals surface area contributed by atoms with Crippen molar-refractivity contribution in [1.29, 1.82) is 0 Å². The molecule has 0 N–H and O–H groups in total. The summed E-state index contributed by atoms with van der Waals surface area (Å²) in [4.78, 5) is 22.7. The number of allylic oxidation sites excluding steroid dienone is 2. The summed E-state index contributed by atoms with van der Waals surface area (Å²) in [5.74, 6) is -0.974. The normalized spacial score (nSPS) is 28.1. The van der Waals surface area contributed by atoms with E-state index < -0.39 is 23.3 Å². The number of carbonyl (C=O) groups excluding carboxylic acids is 2. The average Bonchev–Trinajstić information content (AvgIpc) is 2.85. The van der Waals surface area contributed by atoms with E-state index in [1.54, 1.807) is 12.1 Å². The van der Waals surface area contributed by atoms with Crippen LogP contribution in [0, 0.1) is 5.41 Å². The number of rotatable bonds is 5. The lowest BCUT2D eigenvalue weighted by molar-refractivity contribution is -0.307. The summed E-state index contributed by atoms with van der Waals surface area (Å²) < 4.78 is 5.20. The Morgan fingerprint density at radius 2 is 2.17 bits per heavy atom. The Hall–Kier alpha value is -1.52. The number of hydrogen-bond donors (Lipinski definition) is 0. The third-order valence-corrected chi connectivity index (χ3v) is 6.07. The molecule has 3 atom stereocenters. The SMILES string of the molecule is CCCC12Cc3cc(OCC(=O)[O-])ccc3C1=CC(=O)C(Cl)C2Cl. The van der Waals surface area contributed by atoms with Crippen LogP contribution in [0.1, 0.15) is 30.9 Å². The molecule has 0 radical (unpaired) electrons. The zero-order valence-electron chi connectivity index (χ0n) is 13.2. The number of ether oxygens (including phenoxy) is 1. The van der Waals surface area contributed by atoms with Crippen LogP contribution in [0.15, 0.2) is 24.3 Å². The fourth-order valence-corrected chi connectivity index (χ4v) is 4.57. The van der Waals surface area contributed by atoms with Gasteiger partial charge in [-0.3, -0.25) is 4.79 Å². The largest absolute Gasteiger partial charge is 0.546 e. The van der Waals surface area contributed by atoms with Gasteiger partial charge in [-0.1, -0.05) is 19.4 Å². The van der Waals surface area contributed by atoms with Crippen LogP contribution in [-0.4, -0.2) is 29.1 Å². The van der Waals surface area contributed by atoms with Gasteiger partial charge in [-0.15, -0.1) is 23.2 Å². The zero-order chi connectivity index (χ0) is 17.5. The highest BCUT2D eigenvalue weighted by Crippen LogP contribution is 2.57. The summed E-state index contributed by atoms with van der Waals surface area (Å²) in [5.41, 5.74) is 2.53. The van der Waals surface area contributed by atoms with Gasteiger partial charge in [-0.05, 0) is 47.8 Å². The molecule has 0 spiro atoms. The minimum Gasteiger partial charge on any atom is -0.546 e. The number of carboxylic acid groups (broad SMARTS) is 1. The van der Waals surface area contributed by atoms with E-state index in [1.807, 2.05) is 12.1 Å². The second-order valence-electron chi connectivity index (χ2n) is 6.33. The molecule has 0 saturated heterocycles. The van der Waals surface area contributed by atoms with Gasteiger partial charge in [0, 0.05) is 5.41 Å². The van der Waals surface area contributed by atoms with Gasteiger partial charge < -0.3 is 14.6 Å². The number of carbonyl (C=O) groups is 2. The first-order valence-corrected chi connectivity index (χ1v) is 8.76. The molecule has 4 nitrogen and oxygen atoms in total. The number of fused-ring (bicyclic) bond motifs is 3. The van der Waals surface area contributed by atoms with Gasteiger partial charge in [0.1, 0.15) is 17.7 Å². The molecule has 0 fully saturated rings. The van der Waals surface area contributed by atoms with E-state index >= 15 is 0 Å². The lowest BCUT2D eigenvalue weighted by Crippen LogP contribution is -2.44. The van der Waals surface area contributed by atoms with Crippen molar-refractivity contribution in [3.8, 4) is 5.75 Å². The second kappa shape index (κ2) is 6.41. The minimum absolute atomic E-state index is 0.163. The van der Waals surface area contributed by atoms with Gasteiger partial charge in [0.15, 0.2) is 5.78 Å². The number of benzene rings is 1. The van der Waals surface area contributed by atoms with E-state index in [2.05, 4.69) is 6.92 Å². The molecule has 0 amide bonds. The highest BCUT2D eigenvalue weighted by Gasteiger charge is 2.52. The standard InChI is InChI=1S/C18H18Cl2O4/c1-2-5-18-8-10-6-11(24-9-15(22)23)3-4-12(10)13(18)7-14(21)16(19)17(18)20/h3-4,6-7,16-17H,2,5,8-9H2,1H3,(H,22,23)/p-1. The molecule has 0 saturated carbocycles. The van der Waals surface area contributed by atoms with Crippen molar-refractivity contribution in [2.24, 2.45) is 5.41 Å². The molecule has 0 aromatic heterocycles. The van der Waals surface area contributed by atoms with E-state index in [-0.39, 0.29) is 11.2 Å². The number of halogens is 2. The molecule has 128 valence electrons. The zero-order valence-corrected chi connectivity index (χ0v) is 14.7. The van der Waals surface area contributed by atoms with E-state index in [4.69, 9.17) is 27.9 Å². The second-order valence-corrected chi connectivity index (χ2v) is 7.27. The molecule has 0 aliphatic heterocycles. The van der Waals surface area contributed by atoms with E-state index in [1.165, 1.54) is 0 Å². The molecule has 6 heteroatoms. The monoisotopic (exact) mass is 367 g/mol. The number of aliphatic carboxylic acids is 1. The number of alkyl halides is 2. The highest BCUT2D eigenvalue weighted by molar-refractivity contribution is 6.41. The maximum atomic E-state index is 12.2. The smallest absolute Gasteiger partial charge is 0.175 e. The molecule has 3 rings (SSSR count). The summed E-state index contributed by atoms with van der Waals surface area (Å²) in [7, 11) is 0. The maximum absolute atomic E-state index is 12.2.